The molecule has 1 aliphatic heterocycles. The first-order valence-corrected chi connectivity index (χ1v) is 3.84. The van der Waals surface area contributed by atoms with Gasteiger partial charge in [0.25, 0.3) is 0 Å². The lowest BCUT2D eigenvalue weighted by Gasteiger charge is -2.16. The lowest BCUT2D eigenvalue weighted by molar-refractivity contribution is 0.520. The fourth-order valence-electron chi connectivity index (χ4n) is 1.41. The number of imidazole rings is 1. The van der Waals surface area contributed by atoms with Crippen molar-refractivity contribution in [2.75, 3.05) is 18.9 Å². The molecule has 60 valence electrons. The molecule has 2 rings (SSSR count). The second kappa shape index (κ2) is 2.54. The van der Waals surface area contributed by atoms with Crippen LogP contribution >= 0.6 is 0 Å². The number of fused-ring (bicyclic) bond motifs is 1. The number of hydrogen-bond acceptors (Lipinski definition) is 3. The summed E-state index contributed by atoms with van der Waals surface area (Å²) in [6.45, 7) is 3.00. The minimum absolute atomic E-state index is 0.939. The predicted octanol–water partition coefficient (Wildman–Crippen LogP) is 0.0280. The molecule has 2 heterocycles. The van der Waals surface area contributed by atoms with Crippen LogP contribution in [-0.4, -0.2) is 23.1 Å². The summed E-state index contributed by atoms with van der Waals surface area (Å²) in [4.78, 5) is 4.23. The van der Waals surface area contributed by atoms with E-state index in [1.807, 2.05) is 13.2 Å². The van der Waals surface area contributed by atoms with Crippen molar-refractivity contribution in [1.29, 1.82) is 0 Å². The lowest BCUT2D eigenvalue weighted by Crippen LogP contribution is -2.28. The maximum Gasteiger partial charge on any atom is 0.202 e. The molecule has 0 spiro atoms. The van der Waals surface area contributed by atoms with Gasteiger partial charge in [0.1, 0.15) is 0 Å². The van der Waals surface area contributed by atoms with Gasteiger partial charge >= 0.3 is 0 Å². The Morgan fingerprint density at radius 1 is 1.73 bits per heavy atom. The molecule has 1 aliphatic rings. The van der Waals surface area contributed by atoms with E-state index in [1.54, 1.807) is 0 Å². The molecule has 4 heteroatoms. The van der Waals surface area contributed by atoms with E-state index in [9.17, 15) is 0 Å². The van der Waals surface area contributed by atoms with E-state index in [0.29, 0.717) is 0 Å². The second-order valence-electron chi connectivity index (χ2n) is 2.65. The number of nitrogens with zero attached hydrogens (tertiary/aromatic N) is 2. The van der Waals surface area contributed by atoms with Gasteiger partial charge in [0, 0.05) is 26.7 Å². The van der Waals surface area contributed by atoms with Crippen molar-refractivity contribution in [3.63, 3.8) is 0 Å². The van der Waals surface area contributed by atoms with Crippen molar-refractivity contribution in [2.45, 2.75) is 13.1 Å². The highest BCUT2D eigenvalue weighted by Crippen LogP contribution is 2.11. The summed E-state index contributed by atoms with van der Waals surface area (Å²) in [5.74, 6) is 0.974. The van der Waals surface area contributed by atoms with Crippen LogP contribution in [0.1, 0.15) is 5.69 Å². The molecule has 2 N–H and O–H groups in total. The smallest absolute Gasteiger partial charge is 0.202 e. The second-order valence-corrected chi connectivity index (χ2v) is 2.65. The van der Waals surface area contributed by atoms with Crippen LogP contribution in [0, 0.1) is 0 Å². The largest absolute Gasteiger partial charge is 0.359 e. The van der Waals surface area contributed by atoms with E-state index in [0.717, 1.165) is 25.6 Å². The summed E-state index contributed by atoms with van der Waals surface area (Å²) >= 11 is 0. The highest BCUT2D eigenvalue weighted by atomic mass is 15.2. The van der Waals surface area contributed by atoms with E-state index >= 15 is 0 Å². The number of nitrogens with one attached hydrogen (secondary N) is 2. The van der Waals surface area contributed by atoms with Crippen molar-refractivity contribution in [3.05, 3.63) is 11.9 Å². The lowest BCUT2D eigenvalue weighted by atomic mass is 10.4. The monoisotopic (exact) mass is 152 g/mol. The first kappa shape index (κ1) is 6.67. The van der Waals surface area contributed by atoms with Gasteiger partial charge < -0.3 is 15.2 Å². The van der Waals surface area contributed by atoms with Gasteiger partial charge in [-0.1, -0.05) is 0 Å². The van der Waals surface area contributed by atoms with Gasteiger partial charge in [0.05, 0.1) is 11.9 Å². The Balaban J connectivity index is 2.38. The highest BCUT2D eigenvalue weighted by molar-refractivity contribution is 5.29. The Bertz CT molecular complexity index is 239. The Labute approximate surface area is 65.6 Å². The quantitative estimate of drug-likeness (QED) is 0.596. The molecule has 0 saturated carbocycles. The first-order valence-electron chi connectivity index (χ1n) is 3.84. The molecule has 11 heavy (non-hydrogen) atoms. The van der Waals surface area contributed by atoms with E-state index in [2.05, 4.69) is 20.2 Å². The SMILES string of the molecule is CNc1ncc2n1CCNC2. The van der Waals surface area contributed by atoms with Crippen LogP contribution in [0.15, 0.2) is 6.20 Å². The normalized spacial score (nSPS) is 16.1. The third-order valence-corrected chi connectivity index (χ3v) is 1.98. The van der Waals surface area contributed by atoms with Crippen LogP contribution < -0.4 is 10.6 Å². The minimum Gasteiger partial charge on any atom is -0.359 e. The summed E-state index contributed by atoms with van der Waals surface area (Å²) in [6, 6.07) is 0. The molecule has 0 unspecified atom stereocenters. The molecule has 0 aliphatic carbocycles. The fraction of sp³-hybridized carbons (Fsp3) is 0.571. The molecule has 0 bridgehead atoms. The van der Waals surface area contributed by atoms with Gasteiger partial charge in [0.2, 0.25) is 5.95 Å². The van der Waals surface area contributed by atoms with E-state index < -0.39 is 0 Å². The third-order valence-electron chi connectivity index (χ3n) is 1.98. The van der Waals surface area contributed by atoms with Crippen molar-refractivity contribution in [1.82, 2.24) is 14.9 Å². The standard InChI is InChI=1S/C7H12N4/c1-8-7-10-5-6-4-9-2-3-11(6)7/h5,9H,2-4H2,1H3,(H,8,10). The average molecular weight is 152 g/mol. The van der Waals surface area contributed by atoms with Gasteiger partial charge in [-0.25, -0.2) is 4.98 Å². The van der Waals surface area contributed by atoms with Gasteiger partial charge in [0.15, 0.2) is 0 Å². The van der Waals surface area contributed by atoms with E-state index in [1.165, 1.54) is 5.69 Å². The van der Waals surface area contributed by atoms with Crippen molar-refractivity contribution in [3.8, 4) is 0 Å². The van der Waals surface area contributed by atoms with Crippen LogP contribution in [0.4, 0.5) is 5.95 Å². The van der Waals surface area contributed by atoms with Gasteiger partial charge in [-0.15, -0.1) is 0 Å². The molecule has 1 aromatic heterocycles. The summed E-state index contributed by atoms with van der Waals surface area (Å²) in [5, 5.41) is 6.35. The number of rotatable bonds is 1. The van der Waals surface area contributed by atoms with Crippen LogP contribution in [-0.2, 0) is 13.1 Å². The average Bonchev–Trinajstić information content (AvgIpc) is 2.47. The molecule has 0 fully saturated rings. The Kier molecular flexibility index (Phi) is 1.54. The van der Waals surface area contributed by atoms with Gasteiger partial charge in [-0.05, 0) is 0 Å². The number of anilines is 1. The van der Waals surface area contributed by atoms with Crippen LogP contribution in [0.3, 0.4) is 0 Å². The highest BCUT2D eigenvalue weighted by Gasteiger charge is 2.11. The van der Waals surface area contributed by atoms with Crippen molar-refractivity contribution in [2.24, 2.45) is 0 Å². The topological polar surface area (TPSA) is 41.9 Å². The fourth-order valence-corrected chi connectivity index (χ4v) is 1.41. The molecule has 0 radical (unpaired) electrons. The third kappa shape index (κ3) is 0.991. The van der Waals surface area contributed by atoms with Crippen molar-refractivity contribution >= 4 is 5.95 Å². The Hall–Kier alpha value is -1.03. The zero-order chi connectivity index (χ0) is 7.68. The Morgan fingerprint density at radius 2 is 2.64 bits per heavy atom. The van der Waals surface area contributed by atoms with E-state index in [4.69, 9.17) is 0 Å². The maximum atomic E-state index is 4.23. The minimum atomic E-state index is 0.939. The molecule has 1 aromatic rings. The summed E-state index contributed by atoms with van der Waals surface area (Å²) < 4.78 is 2.20. The summed E-state index contributed by atoms with van der Waals surface area (Å²) in [5.41, 5.74) is 1.26. The van der Waals surface area contributed by atoms with Crippen LogP contribution in [0.25, 0.3) is 0 Å². The number of hydrogen-bond donors (Lipinski definition) is 2. The molecule has 0 atom stereocenters. The maximum absolute atomic E-state index is 4.23. The predicted molar refractivity (Wildman–Crippen MR) is 43.5 cm³/mol. The summed E-state index contributed by atoms with van der Waals surface area (Å²) in [6.07, 6.45) is 1.91. The molecular formula is C7H12N4. The van der Waals surface area contributed by atoms with Gasteiger partial charge in [-0.3, -0.25) is 0 Å². The molecule has 0 saturated heterocycles. The molecule has 0 aromatic carbocycles. The van der Waals surface area contributed by atoms with Crippen LogP contribution in [0.5, 0.6) is 0 Å². The zero-order valence-corrected chi connectivity index (χ0v) is 6.59. The molecular weight excluding hydrogens is 140 g/mol. The van der Waals surface area contributed by atoms with Crippen molar-refractivity contribution < 1.29 is 0 Å². The number of aromatic nitrogens is 2. The summed E-state index contributed by atoms with van der Waals surface area (Å²) in [7, 11) is 1.90. The molecule has 4 nitrogen and oxygen atoms in total. The van der Waals surface area contributed by atoms with Gasteiger partial charge in [-0.2, -0.15) is 0 Å². The molecule has 0 amide bonds. The van der Waals surface area contributed by atoms with E-state index in [-0.39, 0.29) is 0 Å². The Morgan fingerprint density at radius 3 is 3.45 bits per heavy atom. The zero-order valence-electron chi connectivity index (χ0n) is 6.59. The van der Waals surface area contributed by atoms with Crippen LogP contribution in [0.2, 0.25) is 0 Å². The first-order chi connectivity index (χ1) is 5.42.